The van der Waals surface area contributed by atoms with E-state index in [1.54, 1.807) is 6.92 Å². The number of hydrogen-bond acceptors (Lipinski definition) is 7. The van der Waals surface area contributed by atoms with E-state index in [1.807, 2.05) is 29.0 Å². The fourth-order valence-corrected chi connectivity index (χ4v) is 5.28. The van der Waals surface area contributed by atoms with Gasteiger partial charge in [0.2, 0.25) is 10.0 Å². The number of benzene rings is 1. The highest BCUT2D eigenvalue weighted by atomic mass is 32.2. The molecule has 1 N–H and O–H groups in total. The molecule has 2 aromatic rings. The lowest BCUT2D eigenvalue weighted by Gasteiger charge is -2.29. The van der Waals surface area contributed by atoms with Crippen LogP contribution in [0.3, 0.4) is 0 Å². The molecule has 1 heterocycles. The Balaban J connectivity index is 1.78. The SMILES string of the molecule is Cc1sc(N(CCc2ccc(C#N)cc2)CC2CCCCC2)nc1C(=O)NS(C)(=O)=O. The fraction of sp³-hybridized carbons (Fsp3) is 0.500. The number of carbonyl (C=O) groups is 1. The normalized spacial score (nSPS) is 14.7. The zero-order chi connectivity index (χ0) is 22.4. The highest BCUT2D eigenvalue weighted by Gasteiger charge is 2.23. The summed E-state index contributed by atoms with van der Waals surface area (Å²) in [6, 6.07) is 9.71. The molecule has 1 fully saturated rings. The molecule has 1 saturated carbocycles. The molecule has 7 nitrogen and oxygen atoms in total. The van der Waals surface area contributed by atoms with Crippen LogP contribution in [0.1, 0.15) is 58.6 Å². The fourth-order valence-electron chi connectivity index (χ4n) is 3.90. The quantitative estimate of drug-likeness (QED) is 0.645. The second kappa shape index (κ2) is 10.2. The summed E-state index contributed by atoms with van der Waals surface area (Å²) >= 11 is 1.42. The molecule has 1 aromatic heterocycles. The highest BCUT2D eigenvalue weighted by Crippen LogP contribution is 2.30. The third kappa shape index (κ3) is 6.77. The first-order valence-electron chi connectivity index (χ1n) is 10.5. The van der Waals surface area contributed by atoms with Gasteiger partial charge in [-0.2, -0.15) is 5.26 Å². The lowest BCUT2D eigenvalue weighted by atomic mass is 9.89. The van der Waals surface area contributed by atoms with Crippen LogP contribution in [0.15, 0.2) is 24.3 Å². The molecule has 0 saturated heterocycles. The van der Waals surface area contributed by atoms with E-state index in [1.165, 1.54) is 43.4 Å². The number of hydrogen-bond donors (Lipinski definition) is 1. The summed E-state index contributed by atoms with van der Waals surface area (Å²) in [6.45, 7) is 3.40. The minimum Gasteiger partial charge on any atom is -0.347 e. The Labute approximate surface area is 188 Å². The maximum Gasteiger partial charge on any atom is 0.284 e. The number of nitrogens with zero attached hydrogens (tertiary/aromatic N) is 3. The van der Waals surface area contributed by atoms with Crippen molar-refractivity contribution in [2.24, 2.45) is 5.92 Å². The Kier molecular flexibility index (Phi) is 7.68. The van der Waals surface area contributed by atoms with Gasteiger partial charge in [0.15, 0.2) is 5.13 Å². The van der Waals surface area contributed by atoms with E-state index in [4.69, 9.17) is 5.26 Å². The van der Waals surface area contributed by atoms with Crippen molar-refractivity contribution >= 4 is 32.4 Å². The van der Waals surface area contributed by atoms with Crippen molar-refractivity contribution in [3.05, 3.63) is 46.0 Å². The predicted octanol–water partition coefficient (Wildman–Crippen LogP) is 3.64. The molecule has 0 radical (unpaired) electrons. The number of nitriles is 1. The molecule has 1 aromatic carbocycles. The van der Waals surface area contributed by atoms with Crippen molar-refractivity contribution in [1.82, 2.24) is 9.71 Å². The summed E-state index contributed by atoms with van der Waals surface area (Å²) in [5.74, 6) is -0.0978. The van der Waals surface area contributed by atoms with E-state index in [-0.39, 0.29) is 5.69 Å². The smallest absolute Gasteiger partial charge is 0.284 e. The summed E-state index contributed by atoms with van der Waals surface area (Å²) in [6.07, 6.45) is 7.91. The number of amides is 1. The lowest BCUT2D eigenvalue weighted by molar-refractivity contribution is 0.0977. The Hall–Kier alpha value is -2.44. The summed E-state index contributed by atoms with van der Waals surface area (Å²) in [5, 5.41) is 9.73. The van der Waals surface area contributed by atoms with E-state index in [0.29, 0.717) is 16.4 Å². The number of aromatic nitrogens is 1. The molecule has 9 heteroatoms. The zero-order valence-electron chi connectivity index (χ0n) is 17.9. The van der Waals surface area contributed by atoms with Crippen LogP contribution in [0.5, 0.6) is 0 Å². The predicted molar refractivity (Wildman–Crippen MR) is 123 cm³/mol. The van der Waals surface area contributed by atoms with Crippen molar-refractivity contribution in [3.63, 3.8) is 0 Å². The Morgan fingerprint density at radius 1 is 1.26 bits per heavy atom. The average molecular weight is 461 g/mol. The molecule has 166 valence electrons. The van der Waals surface area contributed by atoms with Gasteiger partial charge in [-0.3, -0.25) is 4.79 Å². The van der Waals surface area contributed by atoms with Gasteiger partial charge >= 0.3 is 0 Å². The minimum atomic E-state index is -3.65. The van der Waals surface area contributed by atoms with Crippen LogP contribution in [-0.2, 0) is 16.4 Å². The largest absolute Gasteiger partial charge is 0.347 e. The van der Waals surface area contributed by atoms with Crippen LogP contribution < -0.4 is 9.62 Å². The first-order chi connectivity index (χ1) is 14.7. The zero-order valence-corrected chi connectivity index (χ0v) is 19.6. The summed E-state index contributed by atoms with van der Waals surface area (Å²) < 4.78 is 24.9. The van der Waals surface area contributed by atoms with Crippen molar-refractivity contribution in [1.29, 1.82) is 5.26 Å². The van der Waals surface area contributed by atoms with Crippen molar-refractivity contribution in [2.45, 2.75) is 45.4 Å². The Morgan fingerprint density at radius 2 is 1.94 bits per heavy atom. The van der Waals surface area contributed by atoms with Crippen molar-refractivity contribution < 1.29 is 13.2 Å². The standard InChI is InChI=1S/C22H28N4O3S2/c1-16-20(21(27)25-31(2,28)29)24-22(30-16)26(15-19-6-4-3-5-7-19)13-12-17-8-10-18(14-23)11-9-17/h8-11,19H,3-7,12-13,15H2,1-2H3,(H,25,27). The van der Waals surface area contributed by atoms with E-state index in [2.05, 4.69) is 16.0 Å². The van der Waals surface area contributed by atoms with Gasteiger partial charge in [-0.15, -0.1) is 11.3 Å². The van der Waals surface area contributed by atoms with Gasteiger partial charge < -0.3 is 4.90 Å². The molecule has 0 atom stereocenters. The van der Waals surface area contributed by atoms with Gasteiger partial charge in [0.25, 0.3) is 5.91 Å². The van der Waals surface area contributed by atoms with Gasteiger partial charge in [0.1, 0.15) is 5.69 Å². The van der Waals surface area contributed by atoms with E-state index < -0.39 is 15.9 Å². The second-order valence-electron chi connectivity index (χ2n) is 8.11. The number of sulfonamides is 1. The number of aryl methyl sites for hydroxylation is 1. The van der Waals surface area contributed by atoms with Crippen LogP contribution >= 0.6 is 11.3 Å². The van der Waals surface area contributed by atoms with E-state index in [0.717, 1.165) is 36.5 Å². The lowest BCUT2D eigenvalue weighted by Crippen LogP contribution is -2.33. The molecule has 1 aliphatic carbocycles. The molecular weight excluding hydrogens is 432 g/mol. The van der Waals surface area contributed by atoms with Gasteiger partial charge in [0, 0.05) is 18.0 Å². The van der Waals surface area contributed by atoms with Crippen molar-refractivity contribution in [3.8, 4) is 6.07 Å². The van der Waals surface area contributed by atoms with Crippen LogP contribution in [0.4, 0.5) is 5.13 Å². The Morgan fingerprint density at radius 3 is 2.55 bits per heavy atom. The van der Waals surface area contributed by atoms with Gasteiger partial charge in [-0.25, -0.2) is 18.1 Å². The molecule has 0 unspecified atom stereocenters. The number of carbonyl (C=O) groups excluding carboxylic acids is 1. The number of thiazole rings is 1. The first kappa shape index (κ1) is 23.2. The first-order valence-corrected chi connectivity index (χ1v) is 13.2. The molecule has 1 amide bonds. The average Bonchev–Trinajstić information content (AvgIpc) is 3.13. The monoisotopic (exact) mass is 460 g/mol. The number of nitrogens with one attached hydrogen (secondary N) is 1. The minimum absolute atomic E-state index is 0.164. The summed E-state index contributed by atoms with van der Waals surface area (Å²) in [5.41, 5.74) is 1.94. The molecule has 1 aliphatic rings. The molecule has 3 rings (SSSR count). The van der Waals surface area contributed by atoms with Crippen molar-refractivity contribution in [2.75, 3.05) is 24.2 Å². The Bertz CT molecular complexity index is 1050. The van der Waals surface area contributed by atoms with Crippen LogP contribution in [-0.4, -0.2) is 38.7 Å². The van der Waals surface area contributed by atoms with Gasteiger partial charge in [-0.1, -0.05) is 31.4 Å². The van der Waals surface area contributed by atoms with E-state index in [9.17, 15) is 13.2 Å². The summed E-state index contributed by atoms with van der Waals surface area (Å²) in [4.78, 5) is 19.8. The maximum absolute atomic E-state index is 12.4. The van der Waals surface area contributed by atoms with Gasteiger partial charge in [-0.05, 0) is 49.8 Å². The molecule has 0 aliphatic heterocycles. The summed E-state index contributed by atoms with van der Waals surface area (Å²) in [7, 11) is -3.65. The maximum atomic E-state index is 12.4. The molecule has 0 spiro atoms. The highest BCUT2D eigenvalue weighted by molar-refractivity contribution is 7.89. The molecular formula is C22H28N4O3S2. The van der Waals surface area contributed by atoms with Crippen LogP contribution in [0.25, 0.3) is 0 Å². The topological polar surface area (TPSA) is 103 Å². The molecule has 31 heavy (non-hydrogen) atoms. The van der Waals surface area contributed by atoms with Gasteiger partial charge in [0.05, 0.1) is 17.9 Å². The molecule has 0 bridgehead atoms. The third-order valence-electron chi connectivity index (χ3n) is 5.51. The second-order valence-corrected chi connectivity index (χ2v) is 11.0. The van der Waals surface area contributed by atoms with Crippen LogP contribution in [0.2, 0.25) is 0 Å². The number of rotatable bonds is 8. The van der Waals surface area contributed by atoms with E-state index >= 15 is 0 Å². The third-order valence-corrected chi connectivity index (χ3v) is 7.09. The van der Waals surface area contributed by atoms with Crippen LogP contribution in [0, 0.1) is 24.2 Å². The number of anilines is 1.